The molecule has 0 amide bonds. The SMILES string of the molecule is CCN1CC(F)(F)CC12CN(C(C)(C)C)C2. The van der Waals surface area contributed by atoms with Crippen LogP contribution in [0.1, 0.15) is 34.1 Å². The van der Waals surface area contributed by atoms with Crippen LogP contribution in [0.15, 0.2) is 0 Å². The van der Waals surface area contributed by atoms with Gasteiger partial charge in [0.15, 0.2) is 0 Å². The Morgan fingerprint density at radius 3 is 2.12 bits per heavy atom. The van der Waals surface area contributed by atoms with Crippen molar-refractivity contribution in [3.05, 3.63) is 0 Å². The second-order valence-electron chi connectivity index (χ2n) is 6.30. The summed E-state index contributed by atoms with van der Waals surface area (Å²) in [5, 5.41) is 0. The molecule has 0 aromatic carbocycles. The molecule has 4 heteroatoms. The number of nitrogens with zero attached hydrogens (tertiary/aromatic N) is 2. The molecule has 94 valence electrons. The summed E-state index contributed by atoms with van der Waals surface area (Å²) in [5.41, 5.74) is -0.145. The number of likely N-dealkylation sites (N-methyl/N-ethyl adjacent to an activating group) is 1. The molecule has 2 saturated heterocycles. The molecule has 2 nitrogen and oxygen atoms in total. The third kappa shape index (κ3) is 1.86. The lowest BCUT2D eigenvalue weighted by Gasteiger charge is -2.57. The molecule has 0 aromatic rings. The third-order valence-electron chi connectivity index (χ3n) is 3.98. The number of rotatable bonds is 1. The van der Waals surface area contributed by atoms with Crippen molar-refractivity contribution in [3.8, 4) is 0 Å². The molecule has 2 aliphatic heterocycles. The topological polar surface area (TPSA) is 6.48 Å². The fourth-order valence-electron chi connectivity index (χ4n) is 2.99. The van der Waals surface area contributed by atoms with Gasteiger partial charge in [0.25, 0.3) is 5.92 Å². The lowest BCUT2D eigenvalue weighted by molar-refractivity contribution is -0.0770. The minimum Gasteiger partial charge on any atom is -0.295 e. The Hall–Kier alpha value is -0.220. The van der Waals surface area contributed by atoms with Crippen LogP contribution in [0.3, 0.4) is 0 Å². The van der Waals surface area contributed by atoms with Gasteiger partial charge in [-0.05, 0) is 27.3 Å². The van der Waals surface area contributed by atoms with E-state index in [1.807, 2.05) is 11.8 Å². The van der Waals surface area contributed by atoms with E-state index in [0.29, 0.717) is 0 Å². The Morgan fingerprint density at radius 2 is 1.69 bits per heavy atom. The first-order chi connectivity index (χ1) is 7.19. The first-order valence-electron chi connectivity index (χ1n) is 6.06. The van der Waals surface area contributed by atoms with Crippen LogP contribution >= 0.6 is 0 Å². The van der Waals surface area contributed by atoms with Gasteiger partial charge in [0.1, 0.15) is 0 Å². The second-order valence-corrected chi connectivity index (χ2v) is 6.30. The van der Waals surface area contributed by atoms with Crippen molar-refractivity contribution in [1.29, 1.82) is 0 Å². The van der Waals surface area contributed by atoms with Crippen molar-refractivity contribution in [3.63, 3.8) is 0 Å². The molecule has 0 bridgehead atoms. The summed E-state index contributed by atoms with van der Waals surface area (Å²) in [4.78, 5) is 4.26. The quantitative estimate of drug-likeness (QED) is 0.684. The van der Waals surface area contributed by atoms with E-state index in [1.54, 1.807) is 0 Å². The average Bonchev–Trinajstić information content (AvgIpc) is 2.32. The summed E-state index contributed by atoms with van der Waals surface area (Å²) in [6, 6.07) is 0. The molecule has 2 aliphatic rings. The molecule has 2 heterocycles. The van der Waals surface area contributed by atoms with Crippen LogP contribution in [0.4, 0.5) is 8.78 Å². The Balaban J connectivity index is 2.06. The zero-order chi connectivity index (χ0) is 12.2. The van der Waals surface area contributed by atoms with Gasteiger partial charge in [0.2, 0.25) is 0 Å². The van der Waals surface area contributed by atoms with Crippen molar-refractivity contribution in [2.75, 3.05) is 26.2 Å². The predicted molar refractivity (Wildman–Crippen MR) is 60.9 cm³/mol. The molecular weight excluding hydrogens is 210 g/mol. The van der Waals surface area contributed by atoms with Gasteiger partial charge in [0, 0.05) is 25.0 Å². The molecule has 0 N–H and O–H groups in total. The van der Waals surface area contributed by atoms with E-state index in [4.69, 9.17) is 0 Å². The summed E-state index contributed by atoms with van der Waals surface area (Å²) in [6.07, 6.45) is 0.0421. The van der Waals surface area contributed by atoms with Gasteiger partial charge in [-0.2, -0.15) is 0 Å². The molecule has 0 saturated carbocycles. The Bertz CT molecular complexity index is 277. The number of hydrogen-bond acceptors (Lipinski definition) is 2. The first kappa shape index (κ1) is 12.2. The third-order valence-corrected chi connectivity index (χ3v) is 3.98. The second kappa shape index (κ2) is 3.39. The van der Waals surface area contributed by atoms with Gasteiger partial charge < -0.3 is 0 Å². The van der Waals surface area contributed by atoms with Crippen molar-refractivity contribution in [2.24, 2.45) is 0 Å². The molecule has 0 aromatic heterocycles. The van der Waals surface area contributed by atoms with E-state index in [9.17, 15) is 8.78 Å². The smallest absolute Gasteiger partial charge is 0.262 e. The summed E-state index contributed by atoms with van der Waals surface area (Å²) in [7, 11) is 0. The summed E-state index contributed by atoms with van der Waals surface area (Å²) >= 11 is 0. The van der Waals surface area contributed by atoms with E-state index < -0.39 is 5.92 Å². The van der Waals surface area contributed by atoms with E-state index in [0.717, 1.165) is 19.6 Å². The fourth-order valence-corrected chi connectivity index (χ4v) is 2.99. The van der Waals surface area contributed by atoms with Gasteiger partial charge in [-0.25, -0.2) is 8.78 Å². The van der Waals surface area contributed by atoms with Gasteiger partial charge >= 0.3 is 0 Å². The highest BCUT2D eigenvalue weighted by Gasteiger charge is 2.60. The van der Waals surface area contributed by atoms with E-state index in [1.165, 1.54) is 0 Å². The first-order valence-corrected chi connectivity index (χ1v) is 6.06. The number of hydrogen-bond donors (Lipinski definition) is 0. The van der Waals surface area contributed by atoms with E-state index in [2.05, 4.69) is 25.7 Å². The van der Waals surface area contributed by atoms with Crippen LogP contribution in [0.2, 0.25) is 0 Å². The van der Waals surface area contributed by atoms with Crippen molar-refractivity contribution in [2.45, 2.75) is 51.1 Å². The molecule has 0 radical (unpaired) electrons. The molecule has 2 fully saturated rings. The van der Waals surface area contributed by atoms with Crippen LogP contribution in [-0.4, -0.2) is 53.0 Å². The van der Waals surface area contributed by atoms with Crippen molar-refractivity contribution in [1.82, 2.24) is 9.80 Å². The minimum atomic E-state index is -2.49. The van der Waals surface area contributed by atoms with Crippen molar-refractivity contribution >= 4 is 0 Å². The lowest BCUT2D eigenvalue weighted by atomic mass is 9.82. The van der Waals surface area contributed by atoms with Gasteiger partial charge in [-0.15, -0.1) is 0 Å². The van der Waals surface area contributed by atoms with E-state index in [-0.39, 0.29) is 24.0 Å². The van der Waals surface area contributed by atoms with Crippen LogP contribution in [-0.2, 0) is 0 Å². The summed E-state index contributed by atoms with van der Waals surface area (Å²) < 4.78 is 26.9. The number of alkyl halides is 2. The fraction of sp³-hybridized carbons (Fsp3) is 1.00. The van der Waals surface area contributed by atoms with Gasteiger partial charge in [0.05, 0.1) is 12.1 Å². The Kier molecular flexibility index (Phi) is 2.59. The molecule has 0 unspecified atom stereocenters. The Labute approximate surface area is 96.6 Å². The zero-order valence-electron chi connectivity index (χ0n) is 10.7. The lowest BCUT2D eigenvalue weighted by Crippen LogP contribution is -2.71. The van der Waals surface area contributed by atoms with Crippen LogP contribution in [0.5, 0.6) is 0 Å². The normalized spacial score (nSPS) is 29.6. The number of likely N-dealkylation sites (tertiary alicyclic amines) is 2. The van der Waals surface area contributed by atoms with Crippen LogP contribution < -0.4 is 0 Å². The standard InChI is InChI=1S/C12H22F2N2/c1-5-15-9-12(13,14)6-11(15)7-16(8-11)10(2,3)4/h5-9H2,1-4H3. The molecule has 16 heavy (non-hydrogen) atoms. The molecule has 0 aliphatic carbocycles. The van der Waals surface area contributed by atoms with Crippen molar-refractivity contribution < 1.29 is 8.78 Å². The highest BCUT2D eigenvalue weighted by atomic mass is 19.3. The molecule has 1 spiro atoms. The maximum Gasteiger partial charge on any atom is 0.262 e. The van der Waals surface area contributed by atoms with Gasteiger partial charge in [-0.3, -0.25) is 9.80 Å². The Morgan fingerprint density at radius 1 is 1.12 bits per heavy atom. The highest BCUT2D eigenvalue weighted by Crippen LogP contribution is 2.46. The minimum absolute atomic E-state index is 0.0421. The summed E-state index contributed by atoms with van der Waals surface area (Å²) in [6.45, 7) is 10.7. The highest BCUT2D eigenvalue weighted by molar-refractivity contribution is 5.13. The van der Waals surface area contributed by atoms with E-state index >= 15 is 0 Å². The monoisotopic (exact) mass is 232 g/mol. The largest absolute Gasteiger partial charge is 0.295 e. The van der Waals surface area contributed by atoms with Crippen LogP contribution in [0, 0.1) is 0 Å². The van der Waals surface area contributed by atoms with Gasteiger partial charge in [-0.1, -0.05) is 6.92 Å². The molecule has 0 atom stereocenters. The maximum absolute atomic E-state index is 13.5. The molecule has 2 rings (SSSR count). The zero-order valence-corrected chi connectivity index (χ0v) is 10.7. The maximum atomic E-state index is 13.5. The average molecular weight is 232 g/mol. The predicted octanol–water partition coefficient (Wildman–Crippen LogP) is 2.20. The molecular formula is C12H22F2N2. The number of halogens is 2. The van der Waals surface area contributed by atoms with Crippen LogP contribution in [0.25, 0.3) is 0 Å². The summed E-state index contributed by atoms with van der Waals surface area (Å²) in [5.74, 6) is -2.49.